The van der Waals surface area contributed by atoms with Gasteiger partial charge in [-0.2, -0.15) is 0 Å². The average Bonchev–Trinajstić information content (AvgIpc) is 2.66. The van der Waals surface area contributed by atoms with E-state index in [0.29, 0.717) is 6.04 Å². The molecule has 0 radical (unpaired) electrons. The van der Waals surface area contributed by atoms with E-state index in [2.05, 4.69) is 24.1 Å². The van der Waals surface area contributed by atoms with Crippen LogP contribution in [-0.2, 0) is 0 Å². The van der Waals surface area contributed by atoms with Gasteiger partial charge in [0.2, 0.25) is 0 Å². The molecule has 13 heavy (non-hydrogen) atoms. The smallest absolute Gasteiger partial charge is 0.0794 e. The summed E-state index contributed by atoms with van der Waals surface area (Å²) >= 11 is 1.57. The summed E-state index contributed by atoms with van der Waals surface area (Å²) < 4.78 is 0. The third-order valence-corrected chi connectivity index (χ3v) is 2.96. The Labute approximate surface area is 82.8 Å². The highest BCUT2D eigenvalue weighted by molar-refractivity contribution is 7.09. The summed E-state index contributed by atoms with van der Waals surface area (Å²) in [5.41, 5.74) is 1.79. The van der Waals surface area contributed by atoms with Gasteiger partial charge in [0.25, 0.3) is 0 Å². The van der Waals surface area contributed by atoms with Gasteiger partial charge in [-0.1, -0.05) is 6.92 Å². The number of nitrogens with one attached hydrogen (secondary N) is 1. The van der Waals surface area contributed by atoms with Gasteiger partial charge in [-0.3, -0.25) is 4.98 Å². The Hall–Kier alpha value is -0.450. The van der Waals surface area contributed by atoms with Crippen LogP contribution in [0.25, 0.3) is 0 Å². The Bertz CT molecular complexity index is 226. The van der Waals surface area contributed by atoms with Crippen LogP contribution in [0.3, 0.4) is 0 Å². The first-order valence-corrected chi connectivity index (χ1v) is 5.41. The predicted octanol–water partition coefficient (Wildman–Crippen LogP) is 1.56. The zero-order chi connectivity index (χ0) is 9.68. The van der Waals surface area contributed by atoms with Crippen molar-refractivity contribution in [3.05, 3.63) is 16.6 Å². The molecule has 0 aliphatic carbocycles. The summed E-state index contributed by atoms with van der Waals surface area (Å²) in [4.78, 5) is 5.09. The molecule has 0 aliphatic heterocycles. The summed E-state index contributed by atoms with van der Waals surface area (Å²) in [5.74, 6) is 0. The predicted molar refractivity (Wildman–Crippen MR) is 54.8 cm³/mol. The second-order valence-electron chi connectivity index (χ2n) is 3.11. The van der Waals surface area contributed by atoms with Crippen LogP contribution in [0, 0.1) is 0 Å². The number of aliphatic hydroxyl groups is 1. The second-order valence-corrected chi connectivity index (χ2v) is 4.03. The van der Waals surface area contributed by atoms with E-state index in [1.165, 1.54) is 0 Å². The van der Waals surface area contributed by atoms with Crippen molar-refractivity contribution in [2.45, 2.75) is 32.4 Å². The summed E-state index contributed by atoms with van der Waals surface area (Å²) in [7, 11) is 0. The summed E-state index contributed by atoms with van der Waals surface area (Å²) in [5, 5.41) is 12.5. The molecule has 4 heteroatoms. The fourth-order valence-electron chi connectivity index (χ4n) is 1.08. The lowest BCUT2D eigenvalue weighted by atomic mass is 10.2. The van der Waals surface area contributed by atoms with Crippen molar-refractivity contribution in [2.24, 2.45) is 0 Å². The molecule has 1 aromatic rings. The van der Waals surface area contributed by atoms with Gasteiger partial charge >= 0.3 is 0 Å². The van der Waals surface area contributed by atoms with E-state index >= 15 is 0 Å². The highest BCUT2D eigenvalue weighted by Crippen LogP contribution is 2.17. The van der Waals surface area contributed by atoms with E-state index in [1.54, 1.807) is 23.0 Å². The molecule has 1 heterocycles. The molecule has 0 saturated heterocycles. The highest BCUT2D eigenvalue weighted by Gasteiger charge is 2.13. The topological polar surface area (TPSA) is 45.1 Å². The van der Waals surface area contributed by atoms with Crippen LogP contribution in [-0.4, -0.2) is 22.7 Å². The van der Waals surface area contributed by atoms with Gasteiger partial charge in [-0.05, 0) is 13.3 Å². The zero-order valence-electron chi connectivity index (χ0n) is 8.03. The van der Waals surface area contributed by atoms with Crippen molar-refractivity contribution >= 4 is 11.3 Å². The number of aliphatic hydroxyl groups excluding tert-OH is 1. The molecule has 0 amide bonds. The van der Waals surface area contributed by atoms with E-state index < -0.39 is 0 Å². The third kappa shape index (κ3) is 3.06. The Morgan fingerprint density at radius 3 is 2.92 bits per heavy atom. The van der Waals surface area contributed by atoms with Gasteiger partial charge in [0, 0.05) is 17.1 Å². The van der Waals surface area contributed by atoms with E-state index in [0.717, 1.165) is 11.3 Å². The first-order chi connectivity index (χ1) is 6.27. The first-order valence-electron chi connectivity index (χ1n) is 4.53. The summed E-state index contributed by atoms with van der Waals surface area (Å²) in [6.07, 6.45) is 2.87. The molecule has 2 unspecified atom stereocenters. The zero-order valence-corrected chi connectivity index (χ0v) is 8.84. The van der Waals surface area contributed by atoms with Gasteiger partial charge < -0.3 is 10.4 Å². The molecule has 0 aromatic carbocycles. The molecule has 0 fully saturated rings. The molecular weight excluding hydrogens is 184 g/mol. The van der Waals surface area contributed by atoms with Gasteiger partial charge in [-0.15, -0.1) is 11.3 Å². The van der Waals surface area contributed by atoms with E-state index in [4.69, 9.17) is 5.11 Å². The Morgan fingerprint density at radius 1 is 1.69 bits per heavy atom. The molecule has 74 valence electrons. The molecule has 2 atom stereocenters. The largest absolute Gasteiger partial charge is 0.394 e. The molecule has 2 N–H and O–H groups in total. The number of nitrogens with zero attached hydrogens (tertiary/aromatic N) is 1. The maximum Gasteiger partial charge on any atom is 0.0794 e. The highest BCUT2D eigenvalue weighted by atomic mass is 32.1. The normalized spacial score (nSPS) is 15.6. The number of thiazole rings is 1. The van der Waals surface area contributed by atoms with Crippen molar-refractivity contribution in [3.63, 3.8) is 0 Å². The van der Waals surface area contributed by atoms with E-state index in [-0.39, 0.29) is 12.6 Å². The minimum absolute atomic E-state index is 0.0439. The van der Waals surface area contributed by atoms with E-state index in [1.807, 2.05) is 0 Å². The maximum atomic E-state index is 9.16. The molecule has 1 aromatic heterocycles. The number of aromatic nitrogens is 1. The van der Waals surface area contributed by atoms with Crippen LogP contribution in [0.5, 0.6) is 0 Å². The van der Waals surface area contributed by atoms with Gasteiger partial charge in [-0.25, -0.2) is 0 Å². The number of hydrogen-bond donors (Lipinski definition) is 2. The lowest BCUT2D eigenvalue weighted by molar-refractivity contribution is 0.236. The van der Waals surface area contributed by atoms with Gasteiger partial charge in [0.15, 0.2) is 0 Å². The van der Waals surface area contributed by atoms with Gasteiger partial charge in [0.05, 0.1) is 18.2 Å². The molecular formula is C9H16N2OS. The van der Waals surface area contributed by atoms with Crippen molar-refractivity contribution in [2.75, 3.05) is 6.61 Å². The maximum absolute atomic E-state index is 9.16. The SMILES string of the molecule is CCC(C)NC(CO)c1cncs1. The molecule has 1 rings (SSSR count). The molecule has 0 bridgehead atoms. The molecule has 3 nitrogen and oxygen atoms in total. The Kier molecular flexibility index (Phi) is 4.35. The number of rotatable bonds is 5. The first kappa shape index (κ1) is 10.6. The summed E-state index contributed by atoms with van der Waals surface area (Å²) in [6.45, 7) is 4.37. The van der Waals surface area contributed by atoms with Crippen LogP contribution >= 0.6 is 11.3 Å². The Balaban J connectivity index is 2.53. The minimum Gasteiger partial charge on any atom is -0.394 e. The second kappa shape index (κ2) is 5.32. The fraction of sp³-hybridized carbons (Fsp3) is 0.667. The van der Waals surface area contributed by atoms with Crippen LogP contribution in [0.1, 0.15) is 31.2 Å². The lowest BCUT2D eigenvalue weighted by Crippen LogP contribution is -2.31. The van der Waals surface area contributed by atoms with Crippen LogP contribution in [0.4, 0.5) is 0 Å². The minimum atomic E-state index is 0.0439. The van der Waals surface area contributed by atoms with E-state index in [9.17, 15) is 0 Å². The fourth-order valence-corrected chi connectivity index (χ4v) is 1.76. The van der Waals surface area contributed by atoms with Gasteiger partial charge in [0.1, 0.15) is 0 Å². The monoisotopic (exact) mass is 200 g/mol. The molecule has 0 spiro atoms. The molecule has 0 aliphatic rings. The van der Waals surface area contributed by atoms with Crippen molar-refractivity contribution < 1.29 is 5.11 Å². The van der Waals surface area contributed by atoms with Crippen LogP contribution < -0.4 is 5.32 Å². The van der Waals surface area contributed by atoms with Crippen molar-refractivity contribution in [3.8, 4) is 0 Å². The Morgan fingerprint density at radius 2 is 2.46 bits per heavy atom. The quantitative estimate of drug-likeness (QED) is 0.758. The lowest BCUT2D eigenvalue weighted by Gasteiger charge is -2.18. The van der Waals surface area contributed by atoms with Crippen molar-refractivity contribution in [1.29, 1.82) is 0 Å². The standard InChI is InChI=1S/C9H16N2OS/c1-3-7(2)11-8(5-12)9-4-10-6-13-9/h4,6-8,11-12H,3,5H2,1-2H3. The summed E-state index contributed by atoms with van der Waals surface area (Å²) in [6, 6.07) is 0.474. The third-order valence-electron chi connectivity index (χ3n) is 2.08. The van der Waals surface area contributed by atoms with Crippen molar-refractivity contribution in [1.82, 2.24) is 10.3 Å². The van der Waals surface area contributed by atoms with Crippen LogP contribution in [0.2, 0.25) is 0 Å². The number of hydrogen-bond acceptors (Lipinski definition) is 4. The average molecular weight is 200 g/mol. The van der Waals surface area contributed by atoms with Crippen LogP contribution in [0.15, 0.2) is 11.7 Å². The molecule has 0 saturated carbocycles.